The number of hydrogen-bond acceptors (Lipinski definition) is 4. The zero-order valence-electron chi connectivity index (χ0n) is 13.4. The average Bonchev–Trinajstić information content (AvgIpc) is 3.32. The van der Waals surface area contributed by atoms with Crippen LogP contribution in [0.25, 0.3) is 11.4 Å². The highest BCUT2D eigenvalue weighted by molar-refractivity contribution is 5.81. The second-order valence-corrected chi connectivity index (χ2v) is 6.72. The van der Waals surface area contributed by atoms with Gasteiger partial charge in [-0.2, -0.15) is 4.98 Å². The molecule has 1 aliphatic heterocycles. The van der Waals surface area contributed by atoms with E-state index in [4.69, 9.17) is 4.52 Å². The highest BCUT2D eigenvalue weighted by atomic mass is 16.5. The third-order valence-electron chi connectivity index (χ3n) is 4.76. The lowest BCUT2D eigenvalue weighted by molar-refractivity contribution is -0.133. The molecule has 2 fully saturated rings. The van der Waals surface area contributed by atoms with Gasteiger partial charge in [0.15, 0.2) is 0 Å². The van der Waals surface area contributed by atoms with Crippen LogP contribution in [0.2, 0.25) is 0 Å². The number of carbonyl (C=O) groups is 1. The molecule has 4 rings (SSSR count). The van der Waals surface area contributed by atoms with Crippen LogP contribution in [0.3, 0.4) is 0 Å². The summed E-state index contributed by atoms with van der Waals surface area (Å²) >= 11 is 0. The molecule has 1 aliphatic carbocycles. The minimum Gasteiger partial charge on any atom is -0.342 e. The van der Waals surface area contributed by atoms with Crippen molar-refractivity contribution >= 4 is 5.91 Å². The van der Waals surface area contributed by atoms with Crippen LogP contribution in [-0.4, -0.2) is 34.0 Å². The molecule has 1 unspecified atom stereocenters. The Hall–Kier alpha value is -2.17. The highest BCUT2D eigenvalue weighted by Gasteiger charge is 2.36. The molecule has 2 heterocycles. The van der Waals surface area contributed by atoms with E-state index >= 15 is 0 Å². The molecule has 1 amide bonds. The molecule has 23 heavy (non-hydrogen) atoms. The van der Waals surface area contributed by atoms with Gasteiger partial charge >= 0.3 is 0 Å². The molecule has 0 N–H and O–H groups in total. The first-order chi connectivity index (χ1) is 11.2. The Morgan fingerprint density at radius 1 is 1.22 bits per heavy atom. The van der Waals surface area contributed by atoms with Crippen molar-refractivity contribution in [2.45, 2.75) is 38.5 Å². The molecule has 1 saturated heterocycles. The van der Waals surface area contributed by atoms with Crippen molar-refractivity contribution in [3.8, 4) is 11.4 Å². The number of nitrogens with zero attached hydrogens (tertiary/aromatic N) is 3. The van der Waals surface area contributed by atoms with Crippen LogP contribution in [0.4, 0.5) is 0 Å². The van der Waals surface area contributed by atoms with Crippen molar-refractivity contribution in [3.05, 3.63) is 35.7 Å². The second-order valence-electron chi connectivity index (χ2n) is 6.72. The molecule has 1 saturated carbocycles. The predicted octanol–water partition coefficient (Wildman–Crippen LogP) is 3.16. The van der Waals surface area contributed by atoms with E-state index in [9.17, 15) is 4.79 Å². The zero-order valence-corrected chi connectivity index (χ0v) is 13.4. The van der Waals surface area contributed by atoms with E-state index in [0.29, 0.717) is 24.2 Å². The molecular weight excluding hydrogens is 290 g/mol. The van der Waals surface area contributed by atoms with Gasteiger partial charge in [-0.3, -0.25) is 4.79 Å². The summed E-state index contributed by atoms with van der Waals surface area (Å²) in [6.45, 7) is 3.63. The van der Waals surface area contributed by atoms with Crippen molar-refractivity contribution in [1.82, 2.24) is 15.0 Å². The molecule has 1 aromatic heterocycles. The van der Waals surface area contributed by atoms with Crippen LogP contribution in [0.15, 0.2) is 28.8 Å². The predicted molar refractivity (Wildman–Crippen MR) is 85.8 cm³/mol. The first-order valence-corrected chi connectivity index (χ1v) is 8.40. The maximum Gasteiger partial charge on any atom is 0.231 e. The van der Waals surface area contributed by atoms with Gasteiger partial charge in [-0.1, -0.05) is 35.0 Å². The second kappa shape index (κ2) is 5.80. The fourth-order valence-corrected chi connectivity index (χ4v) is 3.19. The van der Waals surface area contributed by atoms with Gasteiger partial charge < -0.3 is 9.42 Å². The molecule has 0 bridgehead atoms. The maximum atomic E-state index is 12.3. The van der Waals surface area contributed by atoms with Gasteiger partial charge in [0, 0.05) is 24.6 Å². The zero-order chi connectivity index (χ0) is 15.8. The molecule has 0 radical (unpaired) electrons. The van der Waals surface area contributed by atoms with E-state index in [1.165, 1.54) is 5.56 Å². The number of aryl methyl sites for hydroxylation is 1. The number of hydrogen-bond donors (Lipinski definition) is 0. The topological polar surface area (TPSA) is 59.2 Å². The quantitative estimate of drug-likeness (QED) is 0.873. The molecule has 2 aromatic rings. The Morgan fingerprint density at radius 2 is 2.00 bits per heavy atom. The highest BCUT2D eigenvalue weighted by Crippen LogP contribution is 2.34. The first kappa shape index (κ1) is 14.4. The SMILES string of the molecule is Cc1ccc(-c2noc(C3CCCN(C(=O)C4CC4)C3)n2)cc1. The number of piperidine rings is 1. The number of rotatable bonds is 3. The van der Waals surface area contributed by atoms with Crippen molar-refractivity contribution in [2.24, 2.45) is 5.92 Å². The van der Waals surface area contributed by atoms with Crippen molar-refractivity contribution in [2.75, 3.05) is 13.1 Å². The Kier molecular flexibility index (Phi) is 3.63. The van der Waals surface area contributed by atoms with Crippen molar-refractivity contribution < 1.29 is 9.32 Å². The van der Waals surface area contributed by atoms with Crippen LogP contribution >= 0.6 is 0 Å². The third kappa shape index (κ3) is 3.00. The van der Waals surface area contributed by atoms with Gasteiger partial charge in [0.2, 0.25) is 17.6 Å². The fraction of sp³-hybridized carbons (Fsp3) is 0.500. The Morgan fingerprint density at radius 3 is 2.74 bits per heavy atom. The minimum atomic E-state index is 0.165. The van der Waals surface area contributed by atoms with Gasteiger partial charge in [-0.05, 0) is 32.6 Å². The smallest absolute Gasteiger partial charge is 0.231 e. The number of amides is 1. The number of benzene rings is 1. The molecule has 120 valence electrons. The van der Waals surface area contributed by atoms with E-state index < -0.39 is 0 Å². The lowest BCUT2D eigenvalue weighted by Crippen LogP contribution is -2.40. The summed E-state index contributed by atoms with van der Waals surface area (Å²) in [5, 5.41) is 4.12. The lowest BCUT2D eigenvalue weighted by Gasteiger charge is -2.31. The van der Waals surface area contributed by atoms with E-state index in [1.54, 1.807) is 0 Å². The molecule has 5 nitrogen and oxygen atoms in total. The van der Waals surface area contributed by atoms with Gasteiger partial charge in [0.05, 0.1) is 5.92 Å². The van der Waals surface area contributed by atoms with Gasteiger partial charge in [0.1, 0.15) is 0 Å². The summed E-state index contributed by atoms with van der Waals surface area (Å²) in [5.41, 5.74) is 2.17. The number of carbonyl (C=O) groups excluding carboxylic acids is 1. The summed E-state index contributed by atoms with van der Waals surface area (Å²) < 4.78 is 5.49. The molecule has 0 spiro atoms. The van der Waals surface area contributed by atoms with Crippen LogP contribution in [0, 0.1) is 12.8 Å². The summed E-state index contributed by atoms with van der Waals surface area (Å²) in [4.78, 5) is 18.8. The summed E-state index contributed by atoms with van der Waals surface area (Å²) in [7, 11) is 0. The molecule has 1 atom stereocenters. The summed E-state index contributed by atoms with van der Waals surface area (Å²) in [6.07, 6.45) is 4.12. The van der Waals surface area contributed by atoms with E-state index in [2.05, 4.69) is 17.1 Å². The summed E-state index contributed by atoms with van der Waals surface area (Å²) in [5.74, 6) is 2.05. The Bertz CT molecular complexity index is 703. The van der Waals surface area contributed by atoms with E-state index in [-0.39, 0.29) is 11.8 Å². The maximum absolute atomic E-state index is 12.3. The average molecular weight is 311 g/mol. The Labute approximate surface area is 135 Å². The molecule has 5 heteroatoms. The monoisotopic (exact) mass is 311 g/mol. The minimum absolute atomic E-state index is 0.165. The van der Waals surface area contributed by atoms with Crippen LogP contribution < -0.4 is 0 Å². The van der Waals surface area contributed by atoms with Crippen LogP contribution in [0.1, 0.15) is 43.1 Å². The van der Waals surface area contributed by atoms with Gasteiger partial charge in [-0.25, -0.2) is 0 Å². The van der Waals surface area contributed by atoms with Crippen molar-refractivity contribution in [1.29, 1.82) is 0 Å². The molecule has 1 aromatic carbocycles. The van der Waals surface area contributed by atoms with E-state index in [1.807, 2.05) is 29.2 Å². The van der Waals surface area contributed by atoms with Gasteiger partial charge in [-0.15, -0.1) is 0 Å². The standard InChI is InChI=1S/C18H21N3O2/c1-12-4-6-13(7-5-12)16-19-17(23-20-16)15-3-2-10-21(11-15)18(22)14-8-9-14/h4-7,14-15H,2-3,8-11H2,1H3. The number of aromatic nitrogens is 2. The third-order valence-corrected chi connectivity index (χ3v) is 4.76. The fourth-order valence-electron chi connectivity index (χ4n) is 3.19. The van der Waals surface area contributed by atoms with E-state index in [0.717, 1.165) is 37.8 Å². The van der Waals surface area contributed by atoms with Crippen molar-refractivity contribution in [3.63, 3.8) is 0 Å². The van der Waals surface area contributed by atoms with Gasteiger partial charge in [0.25, 0.3) is 0 Å². The summed E-state index contributed by atoms with van der Waals surface area (Å²) in [6, 6.07) is 8.10. The van der Waals surface area contributed by atoms with Crippen LogP contribution in [-0.2, 0) is 4.79 Å². The van der Waals surface area contributed by atoms with Crippen LogP contribution in [0.5, 0.6) is 0 Å². The molecule has 2 aliphatic rings. The Balaban J connectivity index is 1.49. The molecular formula is C18H21N3O2. The lowest BCUT2D eigenvalue weighted by atomic mass is 9.97. The first-order valence-electron chi connectivity index (χ1n) is 8.40. The largest absolute Gasteiger partial charge is 0.342 e. The number of likely N-dealkylation sites (tertiary alicyclic amines) is 1. The normalized spacial score (nSPS) is 21.4.